The van der Waals surface area contributed by atoms with Gasteiger partial charge in [0.1, 0.15) is 6.10 Å². The van der Waals surface area contributed by atoms with Crippen LogP contribution in [0.5, 0.6) is 0 Å². The van der Waals surface area contributed by atoms with Crippen LogP contribution in [-0.4, -0.2) is 45.7 Å². The lowest BCUT2D eigenvalue weighted by molar-refractivity contribution is -0.135. The number of halogens is 5. The third-order valence-corrected chi connectivity index (χ3v) is 4.54. The first-order chi connectivity index (χ1) is 12.9. The van der Waals surface area contributed by atoms with E-state index in [1.54, 1.807) is 18.2 Å². The van der Waals surface area contributed by atoms with E-state index in [1.165, 1.54) is 18.2 Å². The number of alkyl halides is 5. The van der Waals surface area contributed by atoms with Crippen LogP contribution in [0.1, 0.15) is 24.0 Å². The molecule has 1 aromatic rings. The second-order valence-electron chi connectivity index (χ2n) is 6.41. The van der Waals surface area contributed by atoms with Crippen molar-refractivity contribution in [1.82, 2.24) is 0 Å². The van der Waals surface area contributed by atoms with Gasteiger partial charge in [0, 0.05) is 0 Å². The summed E-state index contributed by atoms with van der Waals surface area (Å²) in [5.74, 6) is 0. The first kappa shape index (κ1) is 24.5. The molecule has 4 N–H and O–H groups in total. The Morgan fingerprint density at radius 1 is 1.11 bits per heavy atom. The number of rotatable bonds is 10. The number of allylic oxidation sites excluding steroid dienone is 1. The van der Waals surface area contributed by atoms with Gasteiger partial charge < -0.3 is 15.9 Å². The highest BCUT2D eigenvalue weighted by atomic mass is 32.1. The van der Waals surface area contributed by atoms with Gasteiger partial charge in [-0.15, -0.1) is 12.6 Å². The minimum Gasteiger partial charge on any atom is -0.390 e. The molecular formula is C18H22F5NO3S. The number of aliphatic hydroxyl groups excluding tert-OH is 2. The molecule has 1 aromatic carbocycles. The Morgan fingerprint density at radius 2 is 1.64 bits per heavy atom. The Balaban J connectivity index is 2.50. The van der Waals surface area contributed by atoms with Gasteiger partial charge in [-0.2, -0.15) is 13.2 Å². The smallest absolute Gasteiger partial charge is 0.390 e. The fourth-order valence-corrected chi connectivity index (χ4v) is 2.68. The predicted molar refractivity (Wildman–Crippen MR) is 97.2 cm³/mol. The summed E-state index contributed by atoms with van der Waals surface area (Å²) in [7, 11) is 0. The summed E-state index contributed by atoms with van der Waals surface area (Å²) in [5.41, 5.74) is 3.19. The van der Waals surface area contributed by atoms with Crippen molar-refractivity contribution >= 4 is 17.7 Å². The van der Waals surface area contributed by atoms with E-state index in [4.69, 9.17) is 5.73 Å². The van der Waals surface area contributed by atoms with Crippen LogP contribution < -0.4 is 5.73 Å². The van der Waals surface area contributed by atoms with Crippen LogP contribution in [0, 0.1) is 0 Å². The lowest BCUT2D eigenvalue weighted by atomic mass is 9.90. The molecule has 3 atom stereocenters. The van der Waals surface area contributed by atoms with Crippen LogP contribution in [0.2, 0.25) is 0 Å². The standard InChI is InChI=1S/C18H22F5NO3S/c19-15(20)18(24,16(27)28)14(26)13(25)5-3-1-2-4-11-6-8-12(9-7-11)10-17(21,22)23/h1,3,6-9,13-15,25-26H,2,4-5,10,24H2,(H,27,28)/b3-1+. The molecule has 0 heterocycles. The fraction of sp³-hybridized carbons (Fsp3) is 0.500. The third kappa shape index (κ3) is 7.16. The van der Waals surface area contributed by atoms with Crippen LogP contribution in [0.4, 0.5) is 22.0 Å². The maximum absolute atomic E-state index is 12.9. The van der Waals surface area contributed by atoms with E-state index in [0.29, 0.717) is 12.8 Å². The highest BCUT2D eigenvalue weighted by Crippen LogP contribution is 2.24. The summed E-state index contributed by atoms with van der Waals surface area (Å²) >= 11 is 3.25. The number of carbonyl (C=O) groups is 1. The number of benzene rings is 1. The van der Waals surface area contributed by atoms with Crippen molar-refractivity contribution in [2.45, 2.75) is 56.0 Å². The molecule has 0 saturated carbocycles. The zero-order valence-electron chi connectivity index (χ0n) is 14.7. The molecule has 0 fully saturated rings. The van der Waals surface area contributed by atoms with Gasteiger partial charge in [-0.05, 0) is 30.4 Å². The predicted octanol–water partition coefficient (Wildman–Crippen LogP) is 2.81. The van der Waals surface area contributed by atoms with Gasteiger partial charge in [-0.25, -0.2) is 8.78 Å². The SMILES string of the molecule is NC(C(=O)S)(C(F)F)C(O)C(O)C/C=C/CCc1ccc(CC(F)(F)F)cc1. The fourth-order valence-electron chi connectivity index (χ4n) is 2.45. The van der Waals surface area contributed by atoms with Crippen molar-refractivity contribution < 1.29 is 37.0 Å². The number of thiol groups is 1. The van der Waals surface area contributed by atoms with E-state index in [9.17, 15) is 37.0 Å². The largest absolute Gasteiger partial charge is 0.393 e. The van der Waals surface area contributed by atoms with Crippen LogP contribution in [-0.2, 0) is 17.6 Å². The summed E-state index contributed by atoms with van der Waals surface area (Å²) in [5, 5.41) is 18.1. The molecule has 10 heteroatoms. The highest BCUT2D eigenvalue weighted by molar-refractivity contribution is 7.96. The van der Waals surface area contributed by atoms with E-state index >= 15 is 0 Å². The van der Waals surface area contributed by atoms with E-state index in [1.807, 2.05) is 0 Å². The molecule has 158 valence electrons. The molecule has 0 radical (unpaired) electrons. The van der Waals surface area contributed by atoms with Gasteiger partial charge >= 0.3 is 6.18 Å². The molecule has 0 aromatic heterocycles. The molecule has 0 aliphatic carbocycles. The van der Waals surface area contributed by atoms with E-state index < -0.39 is 41.9 Å². The Hall–Kier alpha value is -1.49. The van der Waals surface area contributed by atoms with Crippen LogP contribution >= 0.6 is 12.6 Å². The number of aliphatic hydroxyl groups is 2. The van der Waals surface area contributed by atoms with Crippen molar-refractivity contribution in [2.75, 3.05) is 0 Å². The average Bonchev–Trinajstić information content (AvgIpc) is 2.59. The van der Waals surface area contributed by atoms with Gasteiger partial charge in [-0.3, -0.25) is 4.79 Å². The molecule has 0 amide bonds. The van der Waals surface area contributed by atoms with E-state index in [0.717, 1.165) is 5.56 Å². The Morgan fingerprint density at radius 3 is 2.11 bits per heavy atom. The maximum atomic E-state index is 12.9. The van der Waals surface area contributed by atoms with Crippen molar-refractivity contribution in [1.29, 1.82) is 0 Å². The van der Waals surface area contributed by atoms with E-state index in [-0.39, 0.29) is 12.0 Å². The molecule has 1 rings (SSSR count). The van der Waals surface area contributed by atoms with Crippen molar-refractivity contribution in [3.63, 3.8) is 0 Å². The minimum atomic E-state index is -4.27. The van der Waals surface area contributed by atoms with Gasteiger partial charge in [0.25, 0.3) is 6.43 Å². The van der Waals surface area contributed by atoms with Crippen LogP contribution in [0.25, 0.3) is 0 Å². The van der Waals surface area contributed by atoms with Gasteiger partial charge in [0.05, 0.1) is 12.5 Å². The lowest BCUT2D eigenvalue weighted by Crippen LogP contribution is -2.64. The second-order valence-corrected chi connectivity index (χ2v) is 6.81. The number of hydrogen-bond donors (Lipinski definition) is 4. The van der Waals surface area contributed by atoms with Crippen molar-refractivity contribution in [3.05, 3.63) is 47.5 Å². The summed E-state index contributed by atoms with van der Waals surface area (Å²) in [6.07, 6.45) is -8.78. The Bertz CT molecular complexity index is 666. The number of hydrogen-bond acceptors (Lipinski definition) is 4. The Labute approximate surface area is 164 Å². The third-order valence-electron chi connectivity index (χ3n) is 4.16. The first-order valence-corrected chi connectivity index (χ1v) is 8.78. The molecule has 3 unspecified atom stereocenters. The summed E-state index contributed by atoms with van der Waals surface area (Å²) < 4.78 is 62.8. The van der Waals surface area contributed by atoms with Crippen LogP contribution in [0.3, 0.4) is 0 Å². The van der Waals surface area contributed by atoms with Crippen LogP contribution in [0.15, 0.2) is 36.4 Å². The molecule has 0 aliphatic rings. The number of aryl methyl sites for hydroxylation is 1. The molecule has 0 bridgehead atoms. The van der Waals surface area contributed by atoms with Crippen molar-refractivity contribution in [3.8, 4) is 0 Å². The normalized spacial score (nSPS) is 16.9. The van der Waals surface area contributed by atoms with Gasteiger partial charge in [0.15, 0.2) is 5.54 Å². The summed E-state index contributed by atoms with van der Waals surface area (Å²) in [6.45, 7) is 0. The van der Waals surface area contributed by atoms with Gasteiger partial charge in [-0.1, -0.05) is 36.4 Å². The second kappa shape index (κ2) is 10.3. The summed E-state index contributed by atoms with van der Waals surface area (Å²) in [6, 6.07) is 5.95. The summed E-state index contributed by atoms with van der Waals surface area (Å²) in [4.78, 5) is 11.2. The minimum absolute atomic E-state index is 0.159. The molecule has 0 aliphatic heterocycles. The number of nitrogens with two attached hydrogens (primary N) is 1. The molecule has 0 saturated heterocycles. The van der Waals surface area contributed by atoms with E-state index in [2.05, 4.69) is 12.6 Å². The van der Waals surface area contributed by atoms with Crippen molar-refractivity contribution in [2.24, 2.45) is 5.73 Å². The molecule has 0 spiro atoms. The molecular weight excluding hydrogens is 405 g/mol. The Kier molecular flexibility index (Phi) is 9.06. The molecule has 4 nitrogen and oxygen atoms in total. The topological polar surface area (TPSA) is 83.6 Å². The molecule has 28 heavy (non-hydrogen) atoms. The maximum Gasteiger partial charge on any atom is 0.393 e. The lowest BCUT2D eigenvalue weighted by Gasteiger charge is -2.32. The monoisotopic (exact) mass is 427 g/mol. The highest BCUT2D eigenvalue weighted by Gasteiger charge is 2.50. The average molecular weight is 427 g/mol. The number of carbonyl (C=O) groups excluding carboxylic acids is 1. The zero-order valence-corrected chi connectivity index (χ0v) is 15.6. The zero-order chi connectivity index (χ0) is 21.5. The quantitative estimate of drug-likeness (QED) is 0.263. The van der Waals surface area contributed by atoms with Gasteiger partial charge in [0.2, 0.25) is 5.12 Å². The first-order valence-electron chi connectivity index (χ1n) is 8.34.